The molecule has 2 aliphatic heterocycles. The van der Waals surface area contributed by atoms with Gasteiger partial charge in [-0.2, -0.15) is 0 Å². The number of urea groups is 1. The second kappa shape index (κ2) is 6.79. The van der Waals surface area contributed by atoms with Gasteiger partial charge in [0.05, 0.1) is 5.56 Å². The van der Waals surface area contributed by atoms with Gasteiger partial charge in [0.15, 0.2) is 11.5 Å². The second-order valence-corrected chi connectivity index (χ2v) is 6.70. The predicted molar refractivity (Wildman–Crippen MR) is 98.0 cm³/mol. The smallest absolute Gasteiger partial charge is 0.319 e. The van der Waals surface area contributed by atoms with Crippen molar-refractivity contribution in [1.29, 1.82) is 0 Å². The summed E-state index contributed by atoms with van der Waals surface area (Å²) in [5.74, 6) is 1.04. The Morgan fingerprint density at radius 3 is 2.81 bits per heavy atom. The van der Waals surface area contributed by atoms with Crippen molar-refractivity contribution in [3.63, 3.8) is 0 Å². The third-order valence-corrected chi connectivity index (χ3v) is 4.67. The first-order chi connectivity index (χ1) is 13.0. The van der Waals surface area contributed by atoms with E-state index in [1.165, 1.54) is 0 Å². The number of amides is 3. The van der Waals surface area contributed by atoms with Crippen LogP contribution in [0, 0.1) is 0 Å². The highest BCUT2D eigenvalue weighted by molar-refractivity contribution is 6.05. The molecule has 0 radical (unpaired) electrons. The van der Waals surface area contributed by atoms with Gasteiger partial charge >= 0.3 is 6.03 Å². The number of rotatable bonds is 2. The maximum Gasteiger partial charge on any atom is 0.319 e. The van der Waals surface area contributed by atoms with Crippen molar-refractivity contribution in [3.05, 3.63) is 47.3 Å². The van der Waals surface area contributed by atoms with Crippen LogP contribution in [0.3, 0.4) is 0 Å². The molecule has 140 valence electrons. The molecular weight excluding hydrogens is 348 g/mol. The van der Waals surface area contributed by atoms with Crippen LogP contribution in [0.25, 0.3) is 0 Å². The van der Waals surface area contributed by atoms with Crippen LogP contribution in [0.4, 0.5) is 10.5 Å². The van der Waals surface area contributed by atoms with E-state index in [9.17, 15) is 9.59 Å². The number of carbonyl (C=O) groups excluding carboxylic acids is 2. The molecule has 0 saturated carbocycles. The van der Waals surface area contributed by atoms with Gasteiger partial charge in [-0.3, -0.25) is 9.78 Å². The van der Waals surface area contributed by atoms with Crippen LogP contribution >= 0.6 is 0 Å². The van der Waals surface area contributed by atoms with Crippen LogP contribution < -0.4 is 14.8 Å². The molecule has 0 aliphatic carbocycles. The number of aromatic nitrogens is 1. The number of carbonyl (C=O) groups is 2. The van der Waals surface area contributed by atoms with Crippen molar-refractivity contribution in [2.24, 2.45) is 0 Å². The Bertz CT molecular complexity index is 913. The van der Waals surface area contributed by atoms with Crippen LogP contribution in [0.1, 0.15) is 21.5 Å². The standard InChI is InChI=1S/C19H20N4O4/c1-22(2)19(25)23-6-5-14-12(10-23)8-20-9-15(14)18(24)21-13-3-4-16-17(7-13)27-11-26-16/h3-4,7-9H,5-6,10-11H2,1-2H3,(H,21,24). The summed E-state index contributed by atoms with van der Waals surface area (Å²) in [7, 11) is 3.46. The molecule has 3 heterocycles. The van der Waals surface area contributed by atoms with Gasteiger partial charge in [-0.25, -0.2) is 4.79 Å². The first-order valence-corrected chi connectivity index (χ1v) is 8.66. The van der Waals surface area contributed by atoms with Gasteiger partial charge in [-0.05, 0) is 29.7 Å². The molecule has 0 atom stereocenters. The van der Waals surface area contributed by atoms with E-state index >= 15 is 0 Å². The highest BCUT2D eigenvalue weighted by Crippen LogP contribution is 2.34. The minimum Gasteiger partial charge on any atom is -0.454 e. The molecule has 1 aromatic heterocycles. The number of hydrogen-bond donors (Lipinski definition) is 1. The average molecular weight is 368 g/mol. The summed E-state index contributed by atoms with van der Waals surface area (Å²) in [6.45, 7) is 1.20. The zero-order chi connectivity index (χ0) is 19.0. The van der Waals surface area contributed by atoms with Gasteiger partial charge < -0.3 is 24.6 Å². The van der Waals surface area contributed by atoms with Crippen molar-refractivity contribution in [2.75, 3.05) is 32.7 Å². The Labute approximate surface area is 156 Å². The van der Waals surface area contributed by atoms with Crippen LogP contribution in [-0.4, -0.2) is 54.2 Å². The first kappa shape index (κ1) is 17.1. The number of anilines is 1. The third kappa shape index (κ3) is 3.25. The fourth-order valence-corrected chi connectivity index (χ4v) is 3.31. The van der Waals surface area contributed by atoms with E-state index in [0.717, 1.165) is 11.1 Å². The summed E-state index contributed by atoms with van der Waals surface area (Å²) in [5.41, 5.74) is 2.99. The number of nitrogens with zero attached hydrogens (tertiary/aromatic N) is 3. The van der Waals surface area contributed by atoms with Crippen LogP contribution in [-0.2, 0) is 13.0 Å². The van der Waals surface area contributed by atoms with Crippen molar-refractivity contribution >= 4 is 17.6 Å². The molecule has 3 amide bonds. The van der Waals surface area contributed by atoms with E-state index in [2.05, 4.69) is 10.3 Å². The Morgan fingerprint density at radius 2 is 2.00 bits per heavy atom. The summed E-state index contributed by atoms with van der Waals surface area (Å²) < 4.78 is 10.6. The lowest BCUT2D eigenvalue weighted by Crippen LogP contribution is -2.42. The lowest BCUT2D eigenvalue weighted by Gasteiger charge is -2.31. The normalized spacial score (nSPS) is 14.5. The second-order valence-electron chi connectivity index (χ2n) is 6.70. The minimum absolute atomic E-state index is 0.0455. The van der Waals surface area contributed by atoms with E-state index in [1.807, 2.05) is 0 Å². The van der Waals surface area contributed by atoms with Gasteiger partial charge in [0, 0.05) is 51.3 Å². The quantitative estimate of drug-likeness (QED) is 0.878. The largest absolute Gasteiger partial charge is 0.454 e. The molecule has 0 bridgehead atoms. The Balaban J connectivity index is 1.54. The van der Waals surface area contributed by atoms with Crippen molar-refractivity contribution < 1.29 is 19.1 Å². The van der Waals surface area contributed by atoms with Crippen LogP contribution in [0.2, 0.25) is 0 Å². The highest BCUT2D eigenvalue weighted by Gasteiger charge is 2.26. The summed E-state index contributed by atoms with van der Waals surface area (Å²) >= 11 is 0. The fraction of sp³-hybridized carbons (Fsp3) is 0.316. The van der Waals surface area contributed by atoms with E-state index in [0.29, 0.717) is 42.3 Å². The van der Waals surface area contributed by atoms with Gasteiger partial charge in [-0.1, -0.05) is 0 Å². The molecule has 2 aliphatic rings. The number of nitrogens with one attached hydrogen (secondary N) is 1. The van der Waals surface area contributed by atoms with Gasteiger partial charge in [0.25, 0.3) is 5.91 Å². The zero-order valence-corrected chi connectivity index (χ0v) is 15.2. The average Bonchev–Trinajstić information content (AvgIpc) is 3.14. The molecule has 1 N–H and O–H groups in total. The van der Waals surface area contributed by atoms with Gasteiger partial charge in [0.2, 0.25) is 6.79 Å². The molecule has 8 heteroatoms. The molecule has 2 aromatic rings. The lowest BCUT2D eigenvalue weighted by molar-refractivity contribution is 0.102. The third-order valence-electron chi connectivity index (χ3n) is 4.67. The molecule has 0 saturated heterocycles. The lowest BCUT2D eigenvalue weighted by atomic mass is 9.97. The number of ether oxygens (including phenoxy) is 2. The van der Waals surface area contributed by atoms with Crippen molar-refractivity contribution in [3.8, 4) is 11.5 Å². The molecule has 4 rings (SSSR count). The van der Waals surface area contributed by atoms with E-state index < -0.39 is 0 Å². The van der Waals surface area contributed by atoms with Crippen molar-refractivity contribution in [2.45, 2.75) is 13.0 Å². The molecule has 27 heavy (non-hydrogen) atoms. The summed E-state index contributed by atoms with van der Waals surface area (Å²) in [5, 5.41) is 2.89. The van der Waals surface area contributed by atoms with Crippen LogP contribution in [0.15, 0.2) is 30.6 Å². The molecule has 8 nitrogen and oxygen atoms in total. The van der Waals surface area contributed by atoms with Crippen molar-refractivity contribution in [1.82, 2.24) is 14.8 Å². The summed E-state index contributed by atoms with van der Waals surface area (Å²) in [6, 6.07) is 5.23. The number of hydrogen-bond acceptors (Lipinski definition) is 5. The molecule has 0 fully saturated rings. The SMILES string of the molecule is CN(C)C(=O)N1CCc2c(cncc2C(=O)Nc2ccc3c(c2)OCO3)C1. The zero-order valence-electron chi connectivity index (χ0n) is 15.2. The first-order valence-electron chi connectivity index (χ1n) is 8.66. The summed E-state index contributed by atoms with van der Waals surface area (Å²) in [6.07, 6.45) is 3.91. The highest BCUT2D eigenvalue weighted by atomic mass is 16.7. The van der Waals surface area contributed by atoms with Crippen LogP contribution in [0.5, 0.6) is 11.5 Å². The van der Waals surface area contributed by atoms with Gasteiger partial charge in [0.1, 0.15) is 0 Å². The Morgan fingerprint density at radius 1 is 1.19 bits per heavy atom. The minimum atomic E-state index is -0.231. The molecular formula is C19H20N4O4. The number of pyridine rings is 1. The monoisotopic (exact) mass is 368 g/mol. The Kier molecular flexibility index (Phi) is 4.31. The Hall–Kier alpha value is -3.29. The van der Waals surface area contributed by atoms with E-state index in [-0.39, 0.29) is 18.7 Å². The predicted octanol–water partition coefficient (Wildman–Crippen LogP) is 2.10. The number of fused-ring (bicyclic) bond motifs is 2. The molecule has 0 spiro atoms. The molecule has 1 aromatic carbocycles. The van der Waals surface area contributed by atoms with E-state index in [1.54, 1.807) is 54.5 Å². The summed E-state index contributed by atoms with van der Waals surface area (Å²) in [4.78, 5) is 32.5. The maximum atomic E-state index is 12.8. The maximum absolute atomic E-state index is 12.8. The van der Waals surface area contributed by atoms with Gasteiger partial charge in [-0.15, -0.1) is 0 Å². The topological polar surface area (TPSA) is 84.0 Å². The number of benzene rings is 1. The molecule has 0 unspecified atom stereocenters. The fourth-order valence-electron chi connectivity index (χ4n) is 3.31. The van der Waals surface area contributed by atoms with E-state index in [4.69, 9.17) is 9.47 Å².